The molecule has 0 spiro atoms. The normalized spacial score (nSPS) is 11.0. The van der Waals surface area contributed by atoms with Crippen LogP contribution < -0.4 is 9.62 Å². The summed E-state index contributed by atoms with van der Waals surface area (Å²) in [5.74, 6) is -1.12. The fraction of sp³-hybridized carbons (Fsp3) is 0.222. The first-order chi connectivity index (χ1) is 13.1. The minimum atomic E-state index is -3.77. The van der Waals surface area contributed by atoms with Gasteiger partial charge in [-0.15, -0.1) is 0 Å². The second-order valence-corrected chi connectivity index (χ2v) is 8.44. The van der Waals surface area contributed by atoms with E-state index in [2.05, 4.69) is 5.32 Å². The van der Waals surface area contributed by atoms with Crippen LogP contribution in [0.5, 0.6) is 0 Å². The molecule has 150 valence electrons. The zero-order valence-corrected chi connectivity index (χ0v) is 17.4. The van der Waals surface area contributed by atoms with E-state index < -0.39 is 28.4 Å². The van der Waals surface area contributed by atoms with Crippen LogP contribution in [0.3, 0.4) is 0 Å². The fourth-order valence-electron chi connectivity index (χ4n) is 2.31. The Morgan fingerprint density at radius 3 is 2.43 bits per heavy atom. The number of nitrogens with zero attached hydrogens (tertiary/aromatic N) is 1. The first kappa shape index (κ1) is 22.0. The Balaban J connectivity index is 2.20. The maximum atomic E-state index is 12.4. The lowest BCUT2D eigenvalue weighted by atomic mass is 10.2. The van der Waals surface area contributed by atoms with Gasteiger partial charge in [0.2, 0.25) is 15.9 Å². The average molecular weight is 445 g/mol. The molecule has 0 fully saturated rings. The topological polar surface area (TPSA) is 92.8 Å². The van der Waals surface area contributed by atoms with Gasteiger partial charge in [0.15, 0.2) is 0 Å². The van der Waals surface area contributed by atoms with Crippen LogP contribution in [0.2, 0.25) is 10.0 Å². The van der Waals surface area contributed by atoms with Crippen molar-refractivity contribution in [2.24, 2.45) is 0 Å². The molecule has 0 saturated heterocycles. The molecule has 0 radical (unpaired) electrons. The number of amides is 1. The number of carbonyl (C=O) groups is 2. The van der Waals surface area contributed by atoms with E-state index in [1.165, 1.54) is 24.3 Å². The summed E-state index contributed by atoms with van der Waals surface area (Å²) < 4.78 is 30.1. The Hall–Kier alpha value is -2.29. The summed E-state index contributed by atoms with van der Waals surface area (Å²) >= 11 is 11.8. The molecule has 0 bridgehead atoms. The summed E-state index contributed by atoms with van der Waals surface area (Å²) in [6.45, 7) is 1.43. The summed E-state index contributed by atoms with van der Waals surface area (Å²) in [4.78, 5) is 24.2. The second kappa shape index (κ2) is 9.27. The first-order valence-electron chi connectivity index (χ1n) is 8.11. The highest BCUT2D eigenvalue weighted by Crippen LogP contribution is 2.28. The van der Waals surface area contributed by atoms with Crippen molar-refractivity contribution in [1.82, 2.24) is 0 Å². The van der Waals surface area contributed by atoms with Gasteiger partial charge >= 0.3 is 5.97 Å². The van der Waals surface area contributed by atoms with E-state index in [-0.39, 0.29) is 27.9 Å². The molecule has 0 heterocycles. The fourth-order valence-corrected chi connectivity index (χ4v) is 3.45. The van der Waals surface area contributed by atoms with E-state index >= 15 is 0 Å². The Bertz CT molecular complexity index is 995. The third-order valence-electron chi connectivity index (χ3n) is 3.54. The van der Waals surface area contributed by atoms with Gasteiger partial charge in [-0.05, 0) is 43.3 Å². The number of carbonyl (C=O) groups excluding carboxylic acids is 2. The predicted octanol–water partition coefficient (Wildman–Crippen LogP) is 3.57. The Morgan fingerprint density at radius 1 is 1.11 bits per heavy atom. The number of hydrogen-bond acceptors (Lipinski definition) is 5. The van der Waals surface area contributed by atoms with Gasteiger partial charge in [0.05, 0.1) is 34.2 Å². The molecular formula is C18H18Cl2N2O5S. The van der Waals surface area contributed by atoms with Gasteiger partial charge in [-0.25, -0.2) is 13.2 Å². The zero-order valence-electron chi connectivity index (χ0n) is 15.1. The number of rotatable bonds is 7. The molecule has 0 aliphatic rings. The molecule has 28 heavy (non-hydrogen) atoms. The molecule has 0 aliphatic heterocycles. The minimum absolute atomic E-state index is 0.162. The number of sulfonamides is 1. The van der Waals surface area contributed by atoms with E-state index in [9.17, 15) is 18.0 Å². The van der Waals surface area contributed by atoms with Gasteiger partial charge < -0.3 is 10.1 Å². The van der Waals surface area contributed by atoms with Crippen molar-refractivity contribution in [2.45, 2.75) is 6.92 Å². The van der Waals surface area contributed by atoms with E-state index in [1.54, 1.807) is 25.1 Å². The van der Waals surface area contributed by atoms with Crippen LogP contribution in [0.4, 0.5) is 11.4 Å². The minimum Gasteiger partial charge on any atom is -0.462 e. The summed E-state index contributed by atoms with van der Waals surface area (Å²) in [7, 11) is -3.77. The molecule has 0 aromatic heterocycles. The molecule has 0 atom stereocenters. The van der Waals surface area contributed by atoms with Crippen LogP contribution in [0.15, 0.2) is 42.5 Å². The number of ether oxygens (including phenoxy) is 1. The van der Waals surface area contributed by atoms with Crippen LogP contribution in [-0.2, 0) is 19.6 Å². The van der Waals surface area contributed by atoms with Crippen molar-refractivity contribution in [3.05, 3.63) is 58.1 Å². The average Bonchev–Trinajstić information content (AvgIpc) is 2.61. The van der Waals surface area contributed by atoms with Gasteiger partial charge in [0.25, 0.3) is 0 Å². The smallest absolute Gasteiger partial charge is 0.338 e. The van der Waals surface area contributed by atoms with Crippen molar-refractivity contribution in [3.63, 3.8) is 0 Å². The number of esters is 1. The summed E-state index contributed by atoms with van der Waals surface area (Å²) in [5, 5.41) is 2.99. The number of halogens is 2. The molecule has 2 aromatic carbocycles. The maximum Gasteiger partial charge on any atom is 0.338 e. The van der Waals surface area contributed by atoms with Crippen molar-refractivity contribution in [1.29, 1.82) is 0 Å². The molecule has 1 N–H and O–H groups in total. The monoisotopic (exact) mass is 444 g/mol. The third-order valence-corrected chi connectivity index (χ3v) is 5.42. The summed E-state index contributed by atoms with van der Waals surface area (Å²) in [5.41, 5.74) is 0.801. The van der Waals surface area contributed by atoms with Crippen molar-refractivity contribution >= 4 is 56.5 Å². The van der Waals surface area contributed by atoms with Gasteiger partial charge in [0.1, 0.15) is 6.54 Å². The van der Waals surface area contributed by atoms with Crippen molar-refractivity contribution < 1.29 is 22.7 Å². The maximum absolute atomic E-state index is 12.4. The SMILES string of the molecule is CCOC(=O)c1cccc(NC(=O)CN(c2ccc(Cl)c(Cl)c2)S(C)(=O)=O)c1. The second-order valence-electron chi connectivity index (χ2n) is 5.72. The Labute approximate surface area is 173 Å². The molecule has 2 rings (SSSR count). The van der Waals surface area contributed by atoms with Gasteiger partial charge in [-0.3, -0.25) is 9.10 Å². The Morgan fingerprint density at radius 2 is 1.82 bits per heavy atom. The number of hydrogen-bond donors (Lipinski definition) is 1. The van der Waals surface area contributed by atoms with Crippen LogP contribution in [0.25, 0.3) is 0 Å². The molecule has 0 saturated carbocycles. The molecule has 0 aliphatic carbocycles. The zero-order chi connectivity index (χ0) is 20.9. The van der Waals surface area contributed by atoms with E-state index in [0.717, 1.165) is 10.6 Å². The van der Waals surface area contributed by atoms with Gasteiger partial charge in [0, 0.05) is 5.69 Å². The number of anilines is 2. The summed E-state index contributed by atoms with van der Waals surface area (Å²) in [6.07, 6.45) is 0.976. The highest BCUT2D eigenvalue weighted by molar-refractivity contribution is 7.92. The predicted molar refractivity (Wildman–Crippen MR) is 110 cm³/mol. The number of benzene rings is 2. The van der Waals surface area contributed by atoms with Crippen molar-refractivity contribution in [2.75, 3.05) is 29.0 Å². The molecular weight excluding hydrogens is 427 g/mol. The summed E-state index contributed by atoms with van der Waals surface area (Å²) in [6, 6.07) is 10.4. The lowest BCUT2D eigenvalue weighted by molar-refractivity contribution is -0.114. The molecule has 1 amide bonds. The first-order valence-corrected chi connectivity index (χ1v) is 10.7. The van der Waals surface area contributed by atoms with Crippen molar-refractivity contribution in [3.8, 4) is 0 Å². The molecule has 10 heteroatoms. The van der Waals surface area contributed by atoms with Crippen LogP contribution in [0, 0.1) is 0 Å². The lowest BCUT2D eigenvalue weighted by Gasteiger charge is -2.22. The Kier molecular flexibility index (Phi) is 7.29. The van der Waals surface area contributed by atoms with E-state index in [1.807, 2.05) is 0 Å². The quantitative estimate of drug-likeness (QED) is 0.658. The molecule has 0 unspecified atom stereocenters. The van der Waals surface area contributed by atoms with Gasteiger partial charge in [-0.1, -0.05) is 29.3 Å². The largest absolute Gasteiger partial charge is 0.462 e. The van der Waals surface area contributed by atoms with E-state index in [4.69, 9.17) is 27.9 Å². The molecule has 7 nitrogen and oxygen atoms in total. The lowest BCUT2D eigenvalue weighted by Crippen LogP contribution is -2.37. The van der Waals surface area contributed by atoms with E-state index in [0.29, 0.717) is 5.69 Å². The van der Waals surface area contributed by atoms with Crippen LogP contribution in [0.1, 0.15) is 17.3 Å². The third kappa shape index (κ3) is 5.85. The highest BCUT2D eigenvalue weighted by atomic mass is 35.5. The highest BCUT2D eigenvalue weighted by Gasteiger charge is 2.22. The van der Waals surface area contributed by atoms with Crippen LogP contribution in [-0.4, -0.2) is 39.7 Å². The standard InChI is InChI=1S/C18H18Cl2N2O5S/c1-3-27-18(24)12-5-4-6-13(9-12)21-17(23)11-22(28(2,25)26)14-7-8-15(19)16(20)10-14/h4-10H,3,11H2,1-2H3,(H,21,23). The molecule has 2 aromatic rings. The number of nitrogens with one attached hydrogen (secondary N) is 1. The van der Waals surface area contributed by atoms with Crippen LogP contribution >= 0.6 is 23.2 Å². The van der Waals surface area contributed by atoms with Gasteiger partial charge in [-0.2, -0.15) is 0 Å².